The first-order chi connectivity index (χ1) is 26.3. The van der Waals surface area contributed by atoms with Crippen LogP contribution in [0.15, 0.2) is 109 Å². The van der Waals surface area contributed by atoms with Crippen LogP contribution < -0.4 is 24.9 Å². The van der Waals surface area contributed by atoms with Crippen molar-refractivity contribution in [2.45, 2.75) is 64.5 Å². The molecule has 13 heteroatoms. The van der Waals surface area contributed by atoms with Crippen LogP contribution in [0.1, 0.15) is 78.1 Å². The van der Waals surface area contributed by atoms with Gasteiger partial charge in [-0.1, -0.05) is 89.8 Å². The third-order valence-electron chi connectivity index (χ3n) is 9.13. The van der Waals surface area contributed by atoms with Gasteiger partial charge in [0.15, 0.2) is 22.9 Å². The molecule has 1 aromatic heterocycles. The predicted molar refractivity (Wildman–Crippen MR) is 202 cm³/mol. The number of aromatic nitrogens is 2. The second-order valence-corrected chi connectivity index (χ2v) is 14.4. The molecule has 0 aliphatic heterocycles. The van der Waals surface area contributed by atoms with E-state index in [-0.39, 0.29) is 6.54 Å². The Bertz CT molecular complexity index is 2080. The van der Waals surface area contributed by atoms with E-state index in [0.717, 1.165) is 41.6 Å². The molecule has 5 aromatic rings. The SMILES string of the molecule is COc1cccc(C(NCC2CC2)c2cccc(NC(=O)c3cc(C(F)(F)F)nn3OC(=O)N(Cc3ccccc3)C(C)(C)C)c2)c1OCc1ccccc1. The van der Waals surface area contributed by atoms with Gasteiger partial charge in [0.2, 0.25) is 0 Å². The van der Waals surface area contributed by atoms with Gasteiger partial charge in [-0.25, -0.2) is 4.79 Å². The minimum absolute atomic E-state index is 0.104. The third-order valence-corrected chi connectivity index (χ3v) is 9.13. The van der Waals surface area contributed by atoms with Gasteiger partial charge in [-0.3, -0.25) is 14.5 Å². The molecule has 6 rings (SSSR count). The van der Waals surface area contributed by atoms with E-state index < -0.39 is 41.1 Å². The lowest BCUT2D eigenvalue weighted by atomic mass is 9.96. The molecule has 288 valence electrons. The number of alkyl halides is 3. The summed E-state index contributed by atoms with van der Waals surface area (Å²) in [5.74, 6) is 0.665. The summed E-state index contributed by atoms with van der Waals surface area (Å²) >= 11 is 0. The number of carbonyl (C=O) groups excluding carboxylic acids is 2. The summed E-state index contributed by atoms with van der Waals surface area (Å²) in [6.45, 7) is 6.43. The monoisotopic (exact) mass is 755 g/mol. The summed E-state index contributed by atoms with van der Waals surface area (Å²) in [5.41, 5.74) is 0.803. The highest BCUT2D eigenvalue weighted by molar-refractivity contribution is 6.03. The summed E-state index contributed by atoms with van der Waals surface area (Å²) in [6, 6.07) is 31.6. The number of anilines is 1. The summed E-state index contributed by atoms with van der Waals surface area (Å²) < 4.78 is 53.9. The van der Waals surface area contributed by atoms with Crippen molar-refractivity contribution in [3.8, 4) is 11.5 Å². The summed E-state index contributed by atoms with van der Waals surface area (Å²) in [5, 5.41) is 9.82. The highest BCUT2D eigenvalue weighted by Gasteiger charge is 2.38. The van der Waals surface area contributed by atoms with Gasteiger partial charge in [0.1, 0.15) is 6.61 Å². The quantitative estimate of drug-likeness (QED) is 0.117. The highest BCUT2D eigenvalue weighted by Crippen LogP contribution is 2.39. The van der Waals surface area contributed by atoms with Gasteiger partial charge < -0.3 is 20.1 Å². The van der Waals surface area contributed by atoms with Crippen LogP contribution in [0.2, 0.25) is 0 Å². The molecule has 4 aromatic carbocycles. The topological polar surface area (TPSA) is 107 Å². The lowest BCUT2D eigenvalue weighted by Gasteiger charge is -2.34. The average Bonchev–Trinajstić information content (AvgIpc) is 3.89. The number of methoxy groups -OCH3 is 1. The number of rotatable bonds is 14. The Morgan fingerprint density at radius 3 is 2.20 bits per heavy atom. The van der Waals surface area contributed by atoms with Gasteiger partial charge in [0.25, 0.3) is 5.91 Å². The Hall–Kier alpha value is -5.82. The zero-order chi connectivity index (χ0) is 39.2. The van der Waals surface area contributed by atoms with Crippen LogP contribution in [-0.2, 0) is 19.3 Å². The molecule has 1 heterocycles. The smallest absolute Gasteiger partial charge is 0.436 e. The summed E-state index contributed by atoms with van der Waals surface area (Å²) in [6.07, 6.45) is -3.68. The van der Waals surface area contributed by atoms with Gasteiger partial charge in [0, 0.05) is 29.4 Å². The number of benzene rings is 4. The second-order valence-electron chi connectivity index (χ2n) is 14.4. The van der Waals surface area contributed by atoms with Crippen LogP contribution in [0.5, 0.6) is 11.5 Å². The van der Waals surface area contributed by atoms with Crippen molar-refractivity contribution < 1.29 is 37.1 Å². The zero-order valence-electron chi connectivity index (χ0n) is 31.1. The Balaban J connectivity index is 1.28. The predicted octanol–water partition coefficient (Wildman–Crippen LogP) is 8.68. The van der Waals surface area contributed by atoms with Crippen molar-refractivity contribution in [2.75, 3.05) is 19.0 Å². The Morgan fingerprint density at radius 2 is 1.56 bits per heavy atom. The number of halogens is 3. The summed E-state index contributed by atoms with van der Waals surface area (Å²) in [4.78, 5) is 34.4. The molecule has 1 unspecified atom stereocenters. The van der Waals surface area contributed by atoms with Crippen molar-refractivity contribution in [3.05, 3.63) is 143 Å². The van der Waals surface area contributed by atoms with Crippen molar-refractivity contribution in [2.24, 2.45) is 5.92 Å². The first-order valence-electron chi connectivity index (χ1n) is 18.0. The number of hydrogen-bond acceptors (Lipinski definition) is 7. The van der Waals surface area contributed by atoms with E-state index in [1.54, 1.807) is 46.1 Å². The van der Waals surface area contributed by atoms with Crippen molar-refractivity contribution in [3.63, 3.8) is 0 Å². The van der Waals surface area contributed by atoms with Gasteiger partial charge >= 0.3 is 12.3 Å². The van der Waals surface area contributed by atoms with E-state index in [4.69, 9.17) is 14.3 Å². The van der Waals surface area contributed by atoms with Crippen LogP contribution in [0.4, 0.5) is 23.7 Å². The number of para-hydroxylation sites is 1. The van der Waals surface area contributed by atoms with E-state index in [0.29, 0.717) is 40.6 Å². The molecule has 1 aliphatic carbocycles. The number of ether oxygens (including phenoxy) is 2. The first kappa shape index (κ1) is 38.9. The van der Waals surface area contributed by atoms with Crippen LogP contribution in [-0.4, -0.2) is 46.0 Å². The summed E-state index contributed by atoms with van der Waals surface area (Å²) in [7, 11) is 1.58. The average molecular weight is 756 g/mol. The number of hydrogen-bond donors (Lipinski definition) is 2. The minimum atomic E-state index is -4.92. The van der Waals surface area contributed by atoms with E-state index in [1.165, 1.54) is 4.90 Å². The van der Waals surface area contributed by atoms with Gasteiger partial charge in [-0.05, 0) is 81.0 Å². The molecule has 2 N–H and O–H groups in total. The normalized spacial score (nSPS) is 13.5. The van der Waals surface area contributed by atoms with Crippen LogP contribution in [0.25, 0.3) is 0 Å². The maximum absolute atomic E-state index is 13.9. The standard InChI is InChI=1S/C42H44F3N5O5/c1-41(2,3)49(26-29-13-7-5-8-14-29)40(52)55-50-34(24-36(48-50)42(43,44)45)39(51)47-32-18-11-17-31(23-32)37(46-25-28-21-22-28)33-19-12-20-35(53-4)38(33)54-27-30-15-9-6-10-16-30/h5-20,23-24,28,37,46H,21-22,25-27H2,1-4H3,(H,47,51). The van der Waals surface area contributed by atoms with E-state index in [2.05, 4.69) is 15.7 Å². The Kier molecular flexibility index (Phi) is 11.8. The molecule has 0 spiro atoms. The van der Waals surface area contributed by atoms with Crippen LogP contribution in [0, 0.1) is 5.92 Å². The third kappa shape index (κ3) is 10.0. The van der Waals surface area contributed by atoms with Crippen molar-refractivity contribution >= 4 is 17.7 Å². The van der Waals surface area contributed by atoms with Gasteiger partial charge in [0.05, 0.1) is 13.2 Å². The van der Waals surface area contributed by atoms with E-state index >= 15 is 0 Å². The molecular formula is C42H44F3N5O5. The van der Waals surface area contributed by atoms with Crippen LogP contribution in [0.3, 0.4) is 0 Å². The molecule has 0 bridgehead atoms. The van der Waals surface area contributed by atoms with E-state index in [9.17, 15) is 22.8 Å². The van der Waals surface area contributed by atoms with E-state index in [1.807, 2.05) is 84.9 Å². The lowest BCUT2D eigenvalue weighted by Crippen LogP contribution is -2.48. The molecule has 0 saturated heterocycles. The largest absolute Gasteiger partial charge is 0.493 e. The molecule has 10 nitrogen and oxygen atoms in total. The van der Waals surface area contributed by atoms with Crippen LogP contribution >= 0.6 is 0 Å². The molecule has 1 saturated carbocycles. The fourth-order valence-electron chi connectivity index (χ4n) is 6.00. The molecule has 1 atom stereocenters. The number of nitrogens with one attached hydrogen (secondary N) is 2. The first-order valence-corrected chi connectivity index (χ1v) is 18.0. The Labute approximate surface area is 318 Å². The second kappa shape index (κ2) is 16.7. The minimum Gasteiger partial charge on any atom is -0.493 e. The number of carbonyl (C=O) groups is 2. The van der Waals surface area contributed by atoms with Gasteiger partial charge in [-0.15, -0.1) is 5.10 Å². The Morgan fingerprint density at radius 1 is 0.891 bits per heavy atom. The molecular weight excluding hydrogens is 711 g/mol. The van der Waals surface area contributed by atoms with Crippen molar-refractivity contribution in [1.29, 1.82) is 0 Å². The maximum atomic E-state index is 13.9. The highest BCUT2D eigenvalue weighted by atomic mass is 19.4. The zero-order valence-corrected chi connectivity index (χ0v) is 31.1. The molecule has 55 heavy (non-hydrogen) atoms. The lowest BCUT2D eigenvalue weighted by molar-refractivity contribution is -0.142. The van der Waals surface area contributed by atoms with Gasteiger partial charge in [-0.2, -0.15) is 13.2 Å². The fourth-order valence-corrected chi connectivity index (χ4v) is 6.00. The van der Waals surface area contributed by atoms with Crippen molar-refractivity contribution in [1.82, 2.24) is 20.2 Å². The number of amides is 2. The molecule has 2 amide bonds. The molecule has 1 fully saturated rings. The number of nitrogens with zero attached hydrogens (tertiary/aromatic N) is 3. The molecule has 1 aliphatic rings. The molecule has 0 radical (unpaired) electrons. The fraction of sp³-hybridized carbons (Fsp3) is 0.310. The maximum Gasteiger partial charge on any atom is 0.436 e.